The summed E-state index contributed by atoms with van der Waals surface area (Å²) in [6, 6.07) is 7.79. The minimum Gasteiger partial charge on any atom is -0.383 e. The molecular weight excluding hydrogens is 430 g/mol. The number of H-pyrrole nitrogens is 1. The number of aromatic nitrogens is 3. The van der Waals surface area contributed by atoms with Crippen molar-refractivity contribution in [2.24, 2.45) is 0 Å². The number of ether oxygens (including phenoxy) is 2. The molecule has 1 saturated heterocycles. The molecule has 0 radical (unpaired) electrons. The highest BCUT2D eigenvalue weighted by Crippen LogP contribution is 2.29. The number of fused-ring (bicyclic) bond motifs is 1. The Morgan fingerprint density at radius 2 is 2.06 bits per heavy atom. The number of thiazole rings is 1. The highest BCUT2D eigenvalue weighted by Gasteiger charge is 2.21. The van der Waals surface area contributed by atoms with Crippen LogP contribution in [0.2, 0.25) is 0 Å². The summed E-state index contributed by atoms with van der Waals surface area (Å²) in [5, 5.41) is 0.639. The van der Waals surface area contributed by atoms with Gasteiger partial charge in [-0.3, -0.25) is 19.5 Å². The number of nitrogens with one attached hydrogen (secondary N) is 1. The molecule has 1 fully saturated rings. The topological polar surface area (TPSA) is 101 Å². The van der Waals surface area contributed by atoms with Crippen LogP contribution in [0.3, 0.4) is 0 Å². The fourth-order valence-corrected chi connectivity index (χ4v) is 4.68. The van der Waals surface area contributed by atoms with E-state index < -0.39 is 0 Å². The van der Waals surface area contributed by atoms with Crippen molar-refractivity contribution in [3.63, 3.8) is 0 Å². The van der Waals surface area contributed by atoms with E-state index in [-0.39, 0.29) is 17.9 Å². The van der Waals surface area contributed by atoms with Crippen LogP contribution < -0.4 is 15.4 Å². The Hall–Kier alpha value is -2.82. The molecule has 1 aliphatic heterocycles. The number of amides is 1. The third kappa shape index (κ3) is 4.98. The van der Waals surface area contributed by atoms with Gasteiger partial charge < -0.3 is 14.4 Å². The molecule has 32 heavy (non-hydrogen) atoms. The first-order chi connectivity index (χ1) is 15.6. The van der Waals surface area contributed by atoms with Gasteiger partial charge in [-0.2, -0.15) is 0 Å². The predicted molar refractivity (Wildman–Crippen MR) is 125 cm³/mol. The van der Waals surface area contributed by atoms with Gasteiger partial charge in [0.05, 0.1) is 36.6 Å². The molecule has 170 valence electrons. The number of anilines is 2. The highest BCUT2D eigenvalue weighted by atomic mass is 32.1. The minimum absolute atomic E-state index is 0.0999. The van der Waals surface area contributed by atoms with E-state index in [2.05, 4.69) is 15.0 Å². The Labute approximate surface area is 190 Å². The number of nitrogens with zero attached hydrogens (tertiary/aromatic N) is 4. The number of hydrogen-bond acceptors (Lipinski definition) is 8. The molecule has 1 N–H and O–H groups in total. The summed E-state index contributed by atoms with van der Waals surface area (Å²) in [7, 11) is 1.60. The van der Waals surface area contributed by atoms with Crippen LogP contribution >= 0.6 is 11.3 Å². The predicted octanol–water partition coefficient (Wildman–Crippen LogP) is 2.14. The Kier molecular flexibility index (Phi) is 7.13. The average Bonchev–Trinajstić information content (AvgIpc) is 3.23. The third-order valence-electron chi connectivity index (χ3n) is 5.44. The Balaban J connectivity index is 1.49. The zero-order valence-electron chi connectivity index (χ0n) is 18.3. The lowest BCUT2D eigenvalue weighted by atomic mass is 10.1. The Morgan fingerprint density at radius 1 is 1.28 bits per heavy atom. The number of carbonyl (C=O) groups is 1. The van der Waals surface area contributed by atoms with E-state index in [1.165, 1.54) is 11.3 Å². The lowest BCUT2D eigenvalue weighted by molar-refractivity contribution is -0.118. The van der Waals surface area contributed by atoms with Crippen LogP contribution in [0.1, 0.15) is 17.7 Å². The van der Waals surface area contributed by atoms with Crippen molar-refractivity contribution in [3.8, 4) is 0 Å². The molecule has 10 heteroatoms. The zero-order valence-corrected chi connectivity index (χ0v) is 19.1. The van der Waals surface area contributed by atoms with Crippen molar-refractivity contribution in [2.45, 2.75) is 19.8 Å². The quantitative estimate of drug-likeness (QED) is 0.553. The van der Waals surface area contributed by atoms with Crippen molar-refractivity contribution in [2.75, 3.05) is 56.4 Å². The van der Waals surface area contributed by atoms with Gasteiger partial charge in [-0.05, 0) is 25.5 Å². The first kappa shape index (κ1) is 22.4. The molecule has 0 spiro atoms. The van der Waals surface area contributed by atoms with E-state index in [0.29, 0.717) is 68.2 Å². The van der Waals surface area contributed by atoms with Crippen molar-refractivity contribution in [1.29, 1.82) is 0 Å². The maximum Gasteiger partial charge on any atom is 0.255 e. The summed E-state index contributed by atoms with van der Waals surface area (Å²) in [6.45, 7) is 5.23. The van der Waals surface area contributed by atoms with Crippen LogP contribution in [0.4, 0.5) is 11.1 Å². The molecule has 0 aliphatic carbocycles. The van der Waals surface area contributed by atoms with Gasteiger partial charge in [0.15, 0.2) is 5.13 Å². The van der Waals surface area contributed by atoms with Gasteiger partial charge in [-0.25, -0.2) is 9.97 Å². The van der Waals surface area contributed by atoms with Crippen molar-refractivity contribution in [1.82, 2.24) is 15.0 Å². The second kappa shape index (κ2) is 10.2. The summed E-state index contributed by atoms with van der Waals surface area (Å²) in [4.78, 5) is 41.6. The van der Waals surface area contributed by atoms with Gasteiger partial charge in [0.25, 0.3) is 5.56 Å². The van der Waals surface area contributed by atoms with Crippen LogP contribution in [0.15, 0.2) is 29.1 Å². The monoisotopic (exact) mass is 457 g/mol. The van der Waals surface area contributed by atoms with Crippen molar-refractivity contribution >= 4 is 38.5 Å². The van der Waals surface area contributed by atoms with E-state index in [4.69, 9.17) is 9.47 Å². The summed E-state index contributed by atoms with van der Waals surface area (Å²) in [5.41, 5.74) is 1.84. The average molecular weight is 458 g/mol. The molecular formula is C22H27N5O4S. The van der Waals surface area contributed by atoms with E-state index >= 15 is 0 Å². The molecule has 3 heterocycles. The molecule has 3 aromatic rings. The summed E-state index contributed by atoms with van der Waals surface area (Å²) >= 11 is 1.47. The molecule has 2 aromatic heterocycles. The number of hydrogen-bond donors (Lipinski definition) is 1. The van der Waals surface area contributed by atoms with E-state index in [0.717, 1.165) is 10.2 Å². The van der Waals surface area contributed by atoms with Crippen LogP contribution in [0.5, 0.6) is 0 Å². The first-order valence-electron chi connectivity index (χ1n) is 10.6. The van der Waals surface area contributed by atoms with Crippen molar-refractivity contribution < 1.29 is 14.3 Å². The van der Waals surface area contributed by atoms with Gasteiger partial charge in [-0.1, -0.05) is 23.5 Å². The Morgan fingerprint density at radius 3 is 2.78 bits per heavy atom. The molecule has 0 bridgehead atoms. The van der Waals surface area contributed by atoms with Gasteiger partial charge in [0.1, 0.15) is 0 Å². The van der Waals surface area contributed by atoms with Gasteiger partial charge in [0.2, 0.25) is 11.9 Å². The second-order valence-corrected chi connectivity index (χ2v) is 8.56. The largest absolute Gasteiger partial charge is 0.383 e. The summed E-state index contributed by atoms with van der Waals surface area (Å²) in [5.74, 6) is 0.458. The molecule has 1 aromatic carbocycles. The smallest absolute Gasteiger partial charge is 0.255 e. The number of rotatable bonds is 8. The number of morpholine rings is 1. The molecule has 1 amide bonds. The zero-order chi connectivity index (χ0) is 22.5. The molecule has 0 atom stereocenters. The molecule has 4 rings (SSSR count). The Bertz CT molecular complexity index is 1110. The van der Waals surface area contributed by atoms with Crippen LogP contribution in [0, 0.1) is 6.92 Å². The number of carbonyl (C=O) groups excluding carboxylic acids is 1. The molecule has 0 saturated carbocycles. The fourth-order valence-electron chi connectivity index (χ4n) is 3.67. The number of benzene rings is 1. The number of para-hydroxylation sites is 1. The normalized spacial score (nSPS) is 14.1. The molecule has 0 unspecified atom stereocenters. The highest BCUT2D eigenvalue weighted by molar-refractivity contribution is 7.22. The summed E-state index contributed by atoms with van der Waals surface area (Å²) < 4.78 is 11.6. The second-order valence-electron chi connectivity index (χ2n) is 7.56. The lowest BCUT2D eigenvalue weighted by Crippen LogP contribution is -2.39. The summed E-state index contributed by atoms with van der Waals surface area (Å²) in [6.07, 6.45) is 0.493. The first-order valence-corrected chi connectivity index (χ1v) is 11.5. The molecule has 9 nitrogen and oxygen atoms in total. The van der Waals surface area contributed by atoms with E-state index in [1.807, 2.05) is 36.1 Å². The number of aromatic amines is 1. The maximum absolute atomic E-state index is 13.1. The SMILES string of the molecule is COCCN(C(=O)CCc1c(C)nc(N2CCOCC2)[nH]c1=O)c1nc2ccccc2s1. The van der Waals surface area contributed by atoms with E-state index in [1.54, 1.807) is 12.0 Å². The van der Waals surface area contributed by atoms with Crippen LogP contribution in [0.25, 0.3) is 10.2 Å². The maximum atomic E-state index is 13.1. The lowest BCUT2D eigenvalue weighted by Gasteiger charge is -2.27. The van der Waals surface area contributed by atoms with Gasteiger partial charge in [0, 0.05) is 37.9 Å². The van der Waals surface area contributed by atoms with Gasteiger partial charge in [-0.15, -0.1) is 0 Å². The van der Waals surface area contributed by atoms with Crippen LogP contribution in [-0.4, -0.2) is 67.4 Å². The van der Waals surface area contributed by atoms with Crippen molar-refractivity contribution in [3.05, 3.63) is 45.9 Å². The van der Waals surface area contributed by atoms with Crippen LogP contribution in [-0.2, 0) is 20.7 Å². The molecule has 1 aliphatic rings. The van der Waals surface area contributed by atoms with E-state index in [9.17, 15) is 9.59 Å². The number of aryl methyl sites for hydroxylation is 1. The fraction of sp³-hybridized carbons (Fsp3) is 0.455. The van der Waals surface area contributed by atoms with Gasteiger partial charge >= 0.3 is 0 Å². The third-order valence-corrected chi connectivity index (χ3v) is 6.50. The minimum atomic E-state index is -0.199. The standard InChI is InChI=1S/C22H27N5O4S/c1-15-16(20(29)25-21(23-15)26-9-13-31-14-10-26)7-8-19(28)27(11-12-30-2)22-24-17-5-3-4-6-18(17)32-22/h3-6H,7-14H2,1-2H3,(H,23,25,29). The number of methoxy groups -OCH3 is 1.